The van der Waals surface area contributed by atoms with Gasteiger partial charge in [-0.25, -0.2) is 0 Å². The van der Waals surface area contributed by atoms with Crippen LogP contribution >= 0.6 is 12.2 Å². The molecule has 3 N–H and O–H groups in total. The first kappa shape index (κ1) is 21.6. The van der Waals surface area contributed by atoms with Crippen molar-refractivity contribution in [3.8, 4) is 0 Å². The van der Waals surface area contributed by atoms with E-state index < -0.39 is 0 Å². The number of benzene rings is 1. The third kappa shape index (κ3) is 7.92. The van der Waals surface area contributed by atoms with Crippen LogP contribution in [0, 0.1) is 0 Å². The lowest BCUT2D eigenvalue weighted by Gasteiger charge is -2.10. The Morgan fingerprint density at radius 3 is 2.46 bits per heavy atom. The van der Waals surface area contributed by atoms with E-state index >= 15 is 0 Å². The summed E-state index contributed by atoms with van der Waals surface area (Å²) in [6.45, 7) is 2.50. The van der Waals surface area contributed by atoms with Crippen molar-refractivity contribution in [2.24, 2.45) is 0 Å². The SMILES string of the molecule is CCCCCCCC(=O)NC(=S)Nc1ccc(C(=O)NCc2ccco2)cc1. The van der Waals surface area contributed by atoms with E-state index in [9.17, 15) is 9.59 Å². The average molecular weight is 402 g/mol. The number of unbranched alkanes of at least 4 members (excludes halogenated alkanes) is 4. The van der Waals surface area contributed by atoms with Crippen LogP contribution in [0.25, 0.3) is 0 Å². The molecule has 6 nitrogen and oxygen atoms in total. The molecule has 1 aromatic heterocycles. The highest BCUT2D eigenvalue weighted by Gasteiger charge is 2.08. The molecule has 0 atom stereocenters. The highest BCUT2D eigenvalue weighted by molar-refractivity contribution is 7.80. The molecule has 0 aliphatic heterocycles. The van der Waals surface area contributed by atoms with Gasteiger partial charge in [-0.3, -0.25) is 9.59 Å². The Morgan fingerprint density at radius 2 is 1.79 bits per heavy atom. The highest BCUT2D eigenvalue weighted by Crippen LogP contribution is 2.10. The van der Waals surface area contributed by atoms with Crippen LogP contribution in [-0.4, -0.2) is 16.9 Å². The van der Waals surface area contributed by atoms with Crippen LogP contribution in [0.2, 0.25) is 0 Å². The van der Waals surface area contributed by atoms with Crippen LogP contribution in [0.4, 0.5) is 5.69 Å². The third-order valence-corrected chi connectivity index (χ3v) is 4.37. The molecule has 0 saturated heterocycles. The zero-order chi connectivity index (χ0) is 20.2. The number of amides is 2. The molecule has 1 heterocycles. The fourth-order valence-corrected chi connectivity index (χ4v) is 2.86. The van der Waals surface area contributed by atoms with Gasteiger partial charge in [0.15, 0.2) is 5.11 Å². The van der Waals surface area contributed by atoms with Crippen molar-refractivity contribution in [2.75, 3.05) is 5.32 Å². The zero-order valence-electron chi connectivity index (χ0n) is 16.1. The predicted octanol–water partition coefficient (Wildman–Crippen LogP) is 4.38. The second kappa shape index (κ2) is 11.9. The molecule has 7 heteroatoms. The monoisotopic (exact) mass is 401 g/mol. The number of hydrogen-bond acceptors (Lipinski definition) is 4. The molecule has 2 aromatic rings. The number of thiocarbonyl (C=S) groups is 1. The Morgan fingerprint density at radius 1 is 1.04 bits per heavy atom. The van der Waals surface area contributed by atoms with E-state index in [2.05, 4.69) is 22.9 Å². The summed E-state index contributed by atoms with van der Waals surface area (Å²) in [5.74, 6) is 0.419. The van der Waals surface area contributed by atoms with E-state index in [0.717, 1.165) is 19.3 Å². The second-order valence-corrected chi connectivity index (χ2v) is 6.91. The third-order valence-electron chi connectivity index (χ3n) is 4.17. The molecule has 0 aliphatic carbocycles. The predicted molar refractivity (Wildman–Crippen MR) is 114 cm³/mol. The van der Waals surface area contributed by atoms with Gasteiger partial charge in [0.2, 0.25) is 5.91 Å². The average Bonchev–Trinajstić information content (AvgIpc) is 3.20. The minimum atomic E-state index is -0.193. The number of furan rings is 1. The number of rotatable bonds is 10. The van der Waals surface area contributed by atoms with Crippen molar-refractivity contribution in [2.45, 2.75) is 52.0 Å². The lowest BCUT2D eigenvalue weighted by Crippen LogP contribution is -2.33. The molecular weight excluding hydrogens is 374 g/mol. The Balaban J connectivity index is 1.71. The first-order valence-corrected chi connectivity index (χ1v) is 10.0. The summed E-state index contributed by atoms with van der Waals surface area (Å²) in [6, 6.07) is 10.4. The first-order chi connectivity index (χ1) is 13.6. The topological polar surface area (TPSA) is 83.4 Å². The summed E-state index contributed by atoms with van der Waals surface area (Å²) in [7, 11) is 0. The molecule has 150 valence electrons. The van der Waals surface area contributed by atoms with Crippen LogP contribution in [0.15, 0.2) is 47.1 Å². The summed E-state index contributed by atoms with van der Waals surface area (Å²) >= 11 is 5.17. The van der Waals surface area contributed by atoms with Crippen LogP contribution in [0.1, 0.15) is 61.6 Å². The fraction of sp³-hybridized carbons (Fsp3) is 0.381. The maximum Gasteiger partial charge on any atom is 0.251 e. The van der Waals surface area contributed by atoms with E-state index in [1.54, 1.807) is 42.7 Å². The molecule has 1 aromatic carbocycles. The van der Waals surface area contributed by atoms with Gasteiger partial charge in [0, 0.05) is 17.7 Å². The minimum absolute atomic E-state index is 0.0806. The molecular formula is C21H27N3O3S. The van der Waals surface area contributed by atoms with Crippen LogP contribution < -0.4 is 16.0 Å². The standard InChI is InChI=1S/C21H27N3O3S/c1-2-3-4-5-6-9-19(25)24-21(28)23-17-12-10-16(11-13-17)20(26)22-15-18-8-7-14-27-18/h7-8,10-14H,2-6,9,15H2,1H3,(H,22,26)(H2,23,24,25,28). The molecule has 0 radical (unpaired) electrons. The van der Waals surface area contributed by atoms with Crippen molar-refractivity contribution >= 4 is 34.8 Å². The minimum Gasteiger partial charge on any atom is -0.467 e. The maximum atomic E-state index is 12.1. The van der Waals surface area contributed by atoms with E-state index in [0.29, 0.717) is 30.0 Å². The molecule has 0 spiro atoms. The van der Waals surface area contributed by atoms with Crippen molar-refractivity contribution < 1.29 is 14.0 Å². The number of nitrogens with one attached hydrogen (secondary N) is 3. The lowest BCUT2D eigenvalue weighted by atomic mass is 10.1. The normalized spacial score (nSPS) is 10.3. The number of anilines is 1. The molecule has 2 rings (SSSR count). The van der Waals surface area contributed by atoms with Gasteiger partial charge in [0.25, 0.3) is 5.91 Å². The van der Waals surface area contributed by atoms with E-state index in [-0.39, 0.29) is 16.9 Å². The van der Waals surface area contributed by atoms with Gasteiger partial charge in [-0.2, -0.15) is 0 Å². The number of hydrogen-bond donors (Lipinski definition) is 3. The van der Waals surface area contributed by atoms with Crippen molar-refractivity contribution in [3.63, 3.8) is 0 Å². The van der Waals surface area contributed by atoms with Crippen LogP contribution in [0.3, 0.4) is 0 Å². The summed E-state index contributed by atoms with van der Waals surface area (Å²) in [4.78, 5) is 24.0. The molecule has 0 aliphatic rings. The molecule has 0 unspecified atom stereocenters. The van der Waals surface area contributed by atoms with Gasteiger partial charge in [-0.15, -0.1) is 0 Å². The first-order valence-electron chi connectivity index (χ1n) is 9.60. The van der Waals surface area contributed by atoms with Gasteiger partial charge in [-0.05, 0) is 55.0 Å². The van der Waals surface area contributed by atoms with Gasteiger partial charge in [0.1, 0.15) is 5.76 Å². The van der Waals surface area contributed by atoms with Crippen molar-refractivity contribution in [1.29, 1.82) is 0 Å². The molecule has 2 amide bonds. The van der Waals surface area contributed by atoms with Crippen molar-refractivity contribution in [1.82, 2.24) is 10.6 Å². The quantitative estimate of drug-likeness (QED) is 0.406. The fourth-order valence-electron chi connectivity index (χ4n) is 2.63. The Labute approximate surface area is 171 Å². The maximum absolute atomic E-state index is 12.1. The smallest absolute Gasteiger partial charge is 0.251 e. The van der Waals surface area contributed by atoms with Gasteiger partial charge in [-0.1, -0.05) is 32.6 Å². The summed E-state index contributed by atoms with van der Waals surface area (Å²) < 4.78 is 5.18. The molecule has 0 bridgehead atoms. The summed E-state index contributed by atoms with van der Waals surface area (Å²) in [5.41, 5.74) is 1.23. The lowest BCUT2D eigenvalue weighted by molar-refractivity contribution is -0.119. The number of carbonyl (C=O) groups is 2. The van der Waals surface area contributed by atoms with E-state index in [1.165, 1.54) is 12.8 Å². The summed E-state index contributed by atoms with van der Waals surface area (Å²) in [5, 5.41) is 8.68. The highest BCUT2D eigenvalue weighted by atomic mass is 32.1. The molecule has 0 saturated carbocycles. The van der Waals surface area contributed by atoms with Gasteiger partial charge >= 0.3 is 0 Å². The van der Waals surface area contributed by atoms with Crippen LogP contribution in [-0.2, 0) is 11.3 Å². The van der Waals surface area contributed by atoms with E-state index in [4.69, 9.17) is 16.6 Å². The Hall–Kier alpha value is -2.67. The molecule has 0 fully saturated rings. The van der Waals surface area contributed by atoms with Crippen LogP contribution in [0.5, 0.6) is 0 Å². The largest absolute Gasteiger partial charge is 0.467 e. The Kier molecular flexibility index (Phi) is 9.21. The second-order valence-electron chi connectivity index (χ2n) is 6.51. The summed E-state index contributed by atoms with van der Waals surface area (Å²) in [6.07, 6.45) is 7.52. The Bertz CT molecular complexity index is 758. The van der Waals surface area contributed by atoms with E-state index in [1.807, 2.05) is 0 Å². The van der Waals surface area contributed by atoms with Gasteiger partial charge < -0.3 is 20.4 Å². The van der Waals surface area contributed by atoms with Crippen molar-refractivity contribution in [3.05, 3.63) is 54.0 Å². The zero-order valence-corrected chi connectivity index (χ0v) is 16.9. The molecule has 28 heavy (non-hydrogen) atoms. The van der Waals surface area contributed by atoms with Gasteiger partial charge in [0.05, 0.1) is 12.8 Å². The number of carbonyl (C=O) groups excluding carboxylic acids is 2.